The Hall–Kier alpha value is -2.18. The van der Waals surface area contributed by atoms with Crippen LogP contribution in [0, 0.1) is 0 Å². The first kappa shape index (κ1) is 16.7. The number of amides is 1. The lowest BCUT2D eigenvalue weighted by Gasteiger charge is -2.10. The molecule has 0 aliphatic carbocycles. The molecule has 6 heteroatoms. The summed E-state index contributed by atoms with van der Waals surface area (Å²) >= 11 is 1.68. The van der Waals surface area contributed by atoms with Gasteiger partial charge in [-0.05, 0) is 73.1 Å². The highest BCUT2D eigenvalue weighted by Crippen LogP contribution is 2.24. The molecule has 0 aliphatic heterocycles. The highest BCUT2D eigenvalue weighted by atomic mass is 32.2. The fourth-order valence-electron chi connectivity index (χ4n) is 2.17. The second kappa shape index (κ2) is 7.15. The maximum absolute atomic E-state index is 12.3. The summed E-state index contributed by atoms with van der Waals surface area (Å²) in [5.74, 6) is -0.166. The van der Waals surface area contributed by atoms with Gasteiger partial charge in [0.2, 0.25) is 0 Å². The van der Waals surface area contributed by atoms with Crippen LogP contribution in [-0.2, 0) is 11.0 Å². The van der Waals surface area contributed by atoms with E-state index < -0.39 is 11.0 Å². The standard InChI is InChI=1S/C18H18N2O2S2/c1-12(2)24(22)20-15-5-3-13(4-6-15)18(21)19-16-7-8-17-14(11-16)9-10-23-17/h3-12,20H,1-2H3,(H,19,21). The molecular weight excluding hydrogens is 340 g/mol. The number of hydrogen-bond donors (Lipinski definition) is 2. The summed E-state index contributed by atoms with van der Waals surface area (Å²) in [7, 11) is -1.13. The predicted octanol–water partition coefficient (Wildman–Crippen LogP) is 4.64. The Morgan fingerprint density at radius 2 is 1.75 bits per heavy atom. The van der Waals surface area contributed by atoms with E-state index in [9.17, 15) is 9.00 Å². The van der Waals surface area contributed by atoms with Crippen LogP contribution in [0.15, 0.2) is 53.9 Å². The minimum Gasteiger partial charge on any atom is -0.322 e. The average molecular weight is 358 g/mol. The van der Waals surface area contributed by atoms with Gasteiger partial charge in [-0.3, -0.25) is 4.79 Å². The van der Waals surface area contributed by atoms with E-state index in [0.29, 0.717) is 5.56 Å². The molecular formula is C18H18N2O2S2. The summed E-state index contributed by atoms with van der Waals surface area (Å²) in [4.78, 5) is 12.3. The fourth-order valence-corrected chi connectivity index (χ4v) is 3.55. The van der Waals surface area contributed by atoms with Gasteiger partial charge in [0.25, 0.3) is 5.91 Å². The van der Waals surface area contributed by atoms with Crippen molar-refractivity contribution < 1.29 is 9.00 Å². The van der Waals surface area contributed by atoms with Gasteiger partial charge < -0.3 is 10.0 Å². The van der Waals surface area contributed by atoms with E-state index in [2.05, 4.69) is 10.0 Å². The number of hydrogen-bond acceptors (Lipinski definition) is 3. The lowest BCUT2D eigenvalue weighted by Crippen LogP contribution is -2.15. The van der Waals surface area contributed by atoms with E-state index in [1.807, 2.05) is 43.5 Å². The van der Waals surface area contributed by atoms with Crippen molar-refractivity contribution in [1.29, 1.82) is 0 Å². The number of rotatable bonds is 5. The number of benzene rings is 2. The maximum atomic E-state index is 12.3. The Labute approximate surface area is 147 Å². The van der Waals surface area contributed by atoms with Gasteiger partial charge in [0.15, 0.2) is 0 Å². The Kier molecular flexibility index (Phi) is 4.97. The summed E-state index contributed by atoms with van der Waals surface area (Å²) in [5, 5.41) is 6.08. The maximum Gasteiger partial charge on any atom is 0.255 e. The first-order valence-corrected chi connectivity index (χ1v) is 9.68. The van der Waals surface area contributed by atoms with Gasteiger partial charge >= 0.3 is 0 Å². The second-order valence-corrected chi connectivity index (χ2v) is 8.34. The van der Waals surface area contributed by atoms with Crippen molar-refractivity contribution in [3.05, 3.63) is 59.5 Å². The molecule has 1 amide bonds. The number of carbonyl (C=O) groups is 1. The van der Waals surface area contributed by atoms with Crippen molar-refractivity contribution in [2.45, 2.75) is 19.1 Å². The topological polar surface area (TPSA) is 58.2 Å². The average Bonchev–Trinajstić information content (AvgIpc) is 3.03. The van der Waals surface area contributed by atoms with Crippen LogP contribution in [0.2, 0.25) is 0 Å². The smallest absolute Gasteiger partial charge is 0.255 e. The van der Waals surface area contributed by atoms with Crippen LogP contribution in [0.4, 0.5) is 11.4 Å². The predicted molar refractivity (Wildman–Crippen MR) is 103 cm³/mol. The molecule has 0 radical (unpaired) electrons. The van der Waals surface area contributed by atoms with Gasteiger partial charge in [-0.25, -0.2) is 4.21 Å². The Morgan fingerprint density at radius 1 is 1.04 bits per heavy atom. The van der Waals surface area contributed by atoms with Crippen molar-refractivity contribution in [2.24, 2.45) is 0 Å². The van der Waals surface area contributed by atoms with E-state index in [1.165, 1.54) is 4.70 Å². The molecule has 1 unspecified atom stereocenters. The van der Waals surface area contributed by atoms with E-state index >= 15 is 0 Å². The summed E-state index contributed by atoms with van der Waals surface area (Å²) in [5.41, 5.74) is 2.06. The number of anilines is 2. The van der Waals surface area contributed by atoms with Gasteiger partial charge in [0, 0.05) is 26.9 Å². The number of fused-ring (bicyclic) bond motifs is 1. The Bertz CT molecular complexity index is 885. The first-order valence-electron chi connectivity index (χ1n) is 7.59. The molecule has 1 aromatic heterocycles. The first-order chi connectivity index (χ1) is 11.5. The number of thiophene rings is 1. The summed E-state index contributed by atoms with van der Waals surface area (Å²) in [6.07, 6.45) is 0. The lowest BCUT2D eigenvalue weighted by atomic mass is 10.2. The van der Waals surface area contributed by atoms with Crippen LogP contribution in [0.1, 0.15) is 24.2 Å². The van der Waals surface area contributed by atoms with Crippen molar-refractivity contribution in [3.63, 3.8) is 0 Å². The summed E-state index contributed by atoms with van der Waals surface area (Å²) in [6.45, 7) is 3.77. The summed E-state index contributed by atoms with van der Waals surface area (Å²) < 4.78 is 15.9. The van der Waals surface area contributed by atoms with Gasteiger partial charge in [-0.1, -0.05) is 0 Å². The van der Waals surface area contributed by atoms with Crippen LogP contribution in [0.5, 0.6) is 0 Å². The molecule has 3 aromatic rings. The molecule has 1 atom stereocenters. The van der Waals surface area contributed by atoms with Crippen LogP contribution in [0.25, 0.3) is 10.1 Å². The van der Waals surface area contributed by atoms with Crippen LogP contribution >= 0.6 is 11.3 Å². The highest BCUT2D eigenvalue weighted by molar-refractivity contribution is 7.86. The largest absolute Gasteiger partial charge is 0.322 e. The molecule has 0 bridgehead atoms. The third-order valence-corrected chi connectivity index (χ3v) is 5.70. The van der Waals surface area contributed by atoms with Crippen molar-refractivity contribution >= 4 is 49.7 Å². The zero-order valence-electron chi connectivity index (χ0n) is 13.4. The lowest BCUT2D eigenvalue weighted by molar-refractivity contribution is 0.102. The van der Waals surface area contributed by atoms with E-state index in [4.69, 9.17) is 0 Å². The zero-order chi connectivity index (χ0) is 17.1. The SMILES string of the molecule is CC(C)S(=O)Nc1ccc(C(=O)Nc2ccc3sccc3c2)cc1. The Morgan fingerprint density at radius 3 is 2.46 bits per heavy atom. The van der Waals surface area contributed by atoms with Gasteiger partial charge in [0.05, 0.1) is 0 Å². The normalized spacial score (nSPS) is 12.3. The van der Waals surface area contributed by atoms with Crippen LogP contribution in [0.3, 0.4) is 0 Å². The molecule has 2 aromatic carbocycles. The molecule has 0 aliphatic rings. The Balaban J connectivity index is 1.69. The monoisotopic (exact) mass is 358 g/mol. The molecule has 0 saturated heterocycles. The van der Waals surface area contributed by atoms with Gasteiger partial charge in [-0.2, -0.15) is 0 Å². The van der Waals surface area contributed by atoms with Crippen molar-refractivity contribution in [2.75, 3.05) is 10.0 Å². The van der Waals surface area contributed by atoms with Crippen LogP contribution < -0.4 is 10.0 Å². The van der Waals surface area contributed by atoms with Gasteiger partial charge in [-0.15, -0.1) is 11.3 Å². The van der Waals surface area contributed by atoms with Crippen LogP contribution in [-0.4, -0.2) is 15.4 Å². The molecule has 3 rings (SSSR count). The van der Waals surface area contributed by atoms with Crippen molar-refractivity contribution in [1.82, 2.24) is 0 Å². The minimum absolute atomic E-state index is 0.0278. The fraction of sp³-hybridized carbons (Fsp3) is 0.167. The number of nitrogens with one attached hydrogen (secondary N) is 2. The molecule has 0 fully saturated rings. The number of carbonyl (C=O) groups excluding carboxylic acids is 1. The zero-order valence-corrected chi connectivity index (χ0v) is 15.0. The third kappa shape index (κ3) is 3.83. The quantitative estimate of drug-likeness (QED) is 0.698. The second-order valence-electron chi connectivity index (χ2n) is 5.65. The molecule has 24 heavy (non-hydrogen) atoms. The van der Waals surface area contributed by atoms with Crippen molar-refractivity contribution in [3.8, 4) is 0 Å². The molecule has 1 heterocycles. The third-order valence-electron chi connectivity index (χ3n) is 3.50. The minimum atomic E-state index is -1.13. The van der Waals surface area contributed by atoms with E-state index in [-0.39, 0.29) is 11.2 Å². The van der Waals surface area contributed by atoms with Gasteiger partial charge in [0.1, 0.15) is 11.0 Å². The molecule has 124 valence electrons. The summed E-state index contributed by atoms with van der Waals surface area (Å²) in [6, 6.07) is 14.9. The molecule has 0 saturated carbocycles. The molecule has 4 nitrogen and oxygen atoms in total. The van der Waals surface area contributed by atoms with E-state index in [0.717, 1.165) is 16.8 Å². The molecule has 0 spiro atoms. The van der Waals surface area contributed by atoms with E-state index in [1.54, 1.807) is 35.6 Å². The molecule has 2 N–H and O–H groups in total. The highest BCUT2D eigenvalue weighted by Gasteiger charge is 2.09.